The van der Waals surface area contributed by atoms with Gasteiger partial charge in [-0.2, -0.15) is 5.26 Å². The number of furan rings is 1. The number of hydrogen-bond donors (Lipinski definition) is 0. The molecule has 4 nitrogen and oxygen atoms in total. The first kappa shape index (κ1) is 29.8. The van der Waals surface area contributed by atoms with Crippen LogP contribution in [0.15, 0.2) is 150 Å². The van der Waals surface area contributed by atoms with Crippen molar-refractivity contribution in [3.05, 3.63) is 191 Å². The molecule has 0 atom stereocenters. The van der Waals surface area contributed by atoms with Crippen molar-refractivity contribution < 1.29 is 43.7 Å². The summed E-state index contributed by atoms with van der Waals surface area (Å²) in [6, 6.07) is 44.9. The first-order valence-electron chi connectivity index (χ1n) is 27.8. The fourth-order valence-corrected chi connectivity index (χ4v) is 8.27. The Labute approximate surface area is 411 Å². The monoisotopic (exact) mass is 1020 g/mol. The molecule has 1 aliphatic carbocycles. The fraction of sp³-hybridized carbons (Fsp3) is 0.203. The summed E-state index contributed by atoms with van der Waals surface area (Å²) < 4.78 is 121. The molecule has 3 aromatic heterocycles. The maximum Gasteiger partial charge on any atom is 0.130 e. The average molecular weight is 1020 g/mol. The van der Waals surface area contributed by atoms with Gasteiger partial charge in [0.2, 0.25) is 0 Å². The molecule has 0 aliphatic heterocycles. The van der Waals surface area contributed by atoms with Gasteiger partial charge in [-0.15, -0.1) is 47.5 Å². The minimum Gasteiger partial charge on any atom is -0.500 e. The molecule has 10 rings (SSSR count). The first-order valence-corrected chi connectivity index (χ1v) is 20.8. The van der Waals surface area contributed by atoms with Crippen molar-refractivity contribution in [2.24, 2.45) is 5.41 Å². The van der Waals surface area contributed by atoms with Crippen LogP contribution in [-0.4, -0.2) is 9.97 Å². The van der Waals surface area contributed by atoms with E-state index in [2.05, 4.69) is 42.0 Å². The van der Waals surface area contributed by atoms with Gasteiger partial charge in [-0.3, -0.25) is 0 Å². The molecule has 0 unspecified atom stereocenters. The van der Waals surface area contributed by atoms with Crippen LogP contribution in [0.5, 0.6) is 0 Å². The minimum atomic E-state index is -2.71. The van der Waals surface area contributed by atoms with Gasteiger partial charge in [0.05, 0.1) is 18.6 Å². The second kappa shape index (κ2) is 18.7. The number of fused-ring (bicyclic) bond motifs is 3. The number of aryl methyl sites for hydroxylation is 4. The Morgan fingerprint density at radius 3 is 2.16 bits per heavy atom. The number of nitrogens with zero attached hydrogens (tertiary/aromatic N) is 3. The predicted octanol–water partition coefficient (Wildman–Crippen LogP) is 15.8. The van der Waals surface area contributed by atoms with E-state index >= 15 is 0 Å². The molecule has 0 N–H and O–H groups in total. The van der Waals surface area contributed by atoms with E-state index in [1.807, 2.05) is 72.8 Å². The van der Waals surface area contributed by atoms with Crippen LogP contribution in [0.2, 0.25) is 0 Å². The quantitative estimate of drug-likeness (QED) is 0.156. The number of aromatic nitrogens is 2. The van der Waals surface area contributed by atoms with Gasteiger partial charge in [-0.05, 0) is 120 Å². The maximum absolute atomic E-state index is 9.99. The Hall–Kier alpha value is -6.44. The molecule has 5 heteroatoms. The van der Waals surface area contributed by atoms with Crippen LogP contribution in [0.1, 0.15) is 98.0 Å². The molecular formula is C59H51IrN3O-2. The van der Waals surface area contributed by atoms with Crippen LogP contribution in [0.3, 0.4) is 0 Å². The molecule has 1 fully saturated rings. The van der Waals surface area contributed by atoms with Gasteiger partial charge in [0.1, 0.15) is 5.58 Å². The summed E-state index contributed by atoms with van der Waals surface area (Å²) in [6.07, 6.45) is 5.16. The summed E-state index contributed by atoms with van der Waals surface area (Å²) in [4.78, 5) is 8.75. The second-order valence-corrected chi connectivity index (χ2v) is 16.6. The SMILES string of the molecule is [2H]C([2H])([2H])c1ccc(-c2[c-]cc(C([2H])([2H])[2H])c(-c3ccccc3)c2)nc1.[2H]c1cc(C2([2H])CCC(C)(C)CC2)cc(C([2H])([2H])[2H])c1-c1cc(-c2[c-]ccc3c2oc2c(-c4ccccc4)c(C#N)ccc23)ncc1C([2H])([2H])[2H].[Ir]. The Morgan fingerprint density at radius 2 is 1.45 bits per heavy atom. The molecular weight excluding hydrogens is 959 g/mol. The third-order valence-electron chi connectivity index (χ3n) is 11.8. The zero-order valence-electron chi connectivity index (χ0n) is 49.2. The molecule has 64 heavy (non-hydrogen) atoms. The molecule has 1 radical (unpaired) electrons. The maximum atomic E-state index is 9.99. The smallest absolute Gasteiger partial charge is 0.130 e. The Morgan fingerprint density at radius 1 is 0.719 bits per heavy atom. The topological polar surface area (TPSA) is 62.7 Å². The van der Waals surface area contributed by atoms with Crippen molar-refractivity contribution in [1.29, 1.82) is 5.26 Å². The molecule has 3 heterocycles. The Balaban J connectivity index is 0.000000250. The van der Waals surface area contributed by atoms with Crippen LogP contribution in [0.25, 0.3) is 77.8 Å². The number of nitriles is 1. The summed E-state index contributed by atoms with van der Waals surface area (Å²) >= 11 is 0. The van der Waals surface area contributed by atoms with Gasteiger partial charge in [0, 0.05) is 61.3 Å². The van der Waals surface area contributed by atoms with Crippen molar-refractivity contribution in [1.82, 2.24) is 9.97 Å². The van der Waals surface area contributed by atoms with Crippen LogP contribution in [0, 0.1) is 56.3 Å². The summed E-state index contributed by atoms with van der Waals surface area (Å²) in [7, 11) is 0. The first-order chi connectivity index (χ1) is 36.2. The number of pyridine rings is 2. The van der Waals surface area contributed by atoms with E-state index in [9.17, 15) is 8.00 Å². The minimum absolute atomic E-state index is 0. The molecule has 9 aromatic rings. The molecule has 0 spiro atoms. The Kier molecular flexibility index (Phi) is 8.73. The molecule has 1 saturated carbocycles. The number of hydrogen-bond acceptors (Lipinski definition) is 4. The summed E-state index contributed by atoms with van der Waals surface area (Å²) in [5.74, 6) is -1.06. The molecule has 1 aliphatic rings. The van der Waals surface area contributed by atoms with Crippen molar-refractivity contribution >= 4 is 21.9 Å². The zero-order chi connectivity index (χ0) is 55.5. The molecule has 6 aromatic carbocycles. The van der Waals surface area contributed by atoms with Gasteiger partial charge >= 0.3 is 0 Å². The van der Waals surface area contributed by atoms with Crippen LogP contribution in [0.4, 0.5) is 0 Å². The normalized spacial score (nSPS) is 18.0. The number of benzene rings is 6. The number of rotatable bonds is 6. The van der Waals surface area contributed by atoms with E-state index in [4.69, 9.17) is 20.9 Å². The molecule has 0 amide bonds. The standard InChI is InChI=1S/C40H35N2O.C19H16N.Ir/c1-25-21-29(27-17-19-40(3,4)20-18-27)13-15-31(25)35-22-36(42-24-26(35)2)34-12-8-11-32-33-16-14-30(23-41)37(39(33)43-38(32)34)28-9-6-5-7-10-28;1-14-8-11-19(20-13-14)17-10-9-15(2)18(12-17)16-6-4-3-5-7-16;/h5-11,13-16,21-22,24,27H,17-20H2,1-4H3;3-9,11-13H,1-2H3;/q2*-1;/i1D3,2D3,15D,27D;1D3,2D3;. The van der Waals surface area contributed by atoms with Crippen LogP contribution >= 0.6 is 0 Å². The predicted molar refractivity (Wildman–Crippen MR) is 259 cm³/mol. The molecule has 0 saturated heterocycles. The van der Waals surface area contributed by atoms with Crippen LogP contribution < -0.4 is 0 Å². The van der Waals surface area contributed by atoms with Crippen molar-refractivity contribution in [2.75, 3.05) is 0 Å². The van der Waals surface area contributed by atoms with E-state index < -0.39 is 33.3 Å². The van der Waals surface area contributed by atoms with Crippen LogP contribution in [-0.2, 0) is 20.1 Å². The van der Waals surface area contributed by atoms with E-state index in [1.165, 1.54) is 42.7 Å². The van der Waals surface area contributed by atoms with Crippen molar-refractivity contribution in [3.8, 4) is 62.0 Å². The second-order valence-electron chi connectivity index (χ2n) is 16.6. The van der Waals surface area contributed by atoms with Gasteiger partial charge in [0.25, 0.3) is 0 Å². The fourth-order valence-electron chi connectivity index (χ4n) is 8.27. The van der Waals surface area contributed by atoms with E-state index in [1.54, 1.807) is 24.3 Å². The largest absolute Gasteiger partial charge is 0.500 e. The average Bonchev–Trinajstić information content (AvgIpc) is 3.98. The van der Waals surface area contributed by atoms with E-state index in [0.29, 0.717) is 63.1 Å². The van der Waals surface area contributed by atoms with E-state index in [-0.39, 0.29) is 70.6 Å². The summed E-state index contributed by atoms with van der Waals surface area (Å²) in [5.41, 5.74) is 6.53. The zero-order valence-corrected chi connectivity index (χ0v) is 37.6. The van der Waals surface area contributed by atoms with E-state index in [0.717, 1.165) is 34.7 Å². The molecule has 0 bridgehead atoms. The van der Waals surface area contributed by atoms with Gasteiger partial charge in [-0.25, -0.2) is 0 Å². The van der Waals surface area contributed by atoms with Crippen molar-refractivity contribution in [3.63, 3.8) is 0 Å². The van der Waals surface area contributed by atoms with Crippen molar-refractivity contribution in [2.45, 2.75) is 72.8 Å². The molecule has 319 valence electrons. The third-order valence-corrected chi connectivity index (χ3v) is 11.8. The van der Waals surface area contributed by atoms with Gasteiger partial charge < -0.3 is 14.4 Å². The van der Waals surface area contributed by atoms with Gasteiger partial charge in [-0.1, -0.05) is 140 Å². The summed E-state index contributed by atoms with van der Waals surface area (Å²) in [5, 5.41) is 11.5. The van der Waals surface area contributed by atoms with Gasteiger partial charge in [0.15, 0.2) is 0 Å². The summed E-state index contributed by atoms with van der Waals surface area (Å²) in [6.45, 7) is -5.55. The third kappa shape index (κ3) is 9.00. The Bertz CT molecular complexity index is 3700.